The fraction of sp³-hybridized carbons (Fsp3) is 0.0556. The summed E-state index contributed by atoms with van der Waals surface area (Å²) in [4.78, 5) is 22.6. The minimum absolute atomic E-state index is 0.102. The van der Waals surface area contributed by atoms with Crippen molar-refractivity contribution in [1.82, 2.24) is 19.5 Å². The number of imidazole rings is 2. The average molecular weight is 304 g/mol. The molecule has 23 heavy (non-hydrogen) atoms. The molecule has 0 fully saturated rings. The molecule has 5 heteroatoms. The minimum atomic E-state index is 0.102. The topological polar surface area (TPSA) is 63.6 Å². The number of hydrogen-bond acceptors (Lipinski definition) is 3. The molecule has 0 unspecified atom stereocenters. The fourth-order valence-corrected chi connectivity index (χ4v) is 2.31. The first kappa shape index (κ1) is 14.7. The summed E-state index contributed by atoms with van der Waals surface area (Å²) >= 11 is 0. The van der Waals surface area contributed by atoms with Gasteiger partial charge in [0.1, 0.15) is 0 Å². The Kier molecular flexibility index (Phi) is 4.59. The Bertz CT molecular complexity index is 845. The van der Waals surface area contributed by atoms with E-state index in [0.717, 1.165) is 16.3 Å². The van der Waals surface area contributed by atoms with Crippen molar-refractivity contribution in [1.29, 1.82) is 0 Å². The van der Waals surface area contributed by atoms with Gasteiger partial charge in [-0.05, 0) is 10.8 Å². The van der Waals surface area contributed by atoms with Crippen LogP contribution in [0.1, 0.15) is 10.4 Å². The highest BCUT2D eigenvalue weighted by Crippen LogP contribution is 2.19. The maximum atomic E-state index is 12.3. The molecular formula is C18H16N4O. The van der Waals surface area contributed by atoms with Crippen LogP contribution in [0.2, 0.25) is 0 Å². The van der Waals surface area contributed by atoms with E-state index in [0.29, 0.717) is 6.54 Å². The summed E-state index contributed by atoms with van der Waals surface area (Å²) in [5.74, 6) is 0.102. The summed E-state index contributed by atoms with van der Waals surface area (Å²) in [6.45, 7) is 0.327. The normalized spacial score (nSPS) is 10.1. The third-order valence-electron chi connectivity index (χ3n) is 3.38. The highest BCUT2D eigenvalue weighted by Gasteiger charge is 2.09. The number of fused-ring (bicyclic) bond motifs is 1. The zero-order valence-electron chi connectivity index (χ0n) is 12.5. The van der Waals surface area contributed by atoms with Crippen LogP contribution in [0.4, 0.5) is 0 Å². The molecule has 114 valence electrons. The molecule has 1 N–H and O–H groups in total. The minimum Gasteiger partial charge on any atom is -0.351 e. The van der Waals surface area contributed by atoms with E-state index in [2.05, 4.69) is 15.0 Å². The number of rotatable bonds is 3. The summed E-state index contributed by atoms with van der Waals surface area (Å²) in [6.07, 6.45) is 10.2. The molecule has 4 rings (SSSR count). The standard InChI is InChI=1S/C15H12N2O.C3H4N2/c18-15(10-17-9-8-16-11-17)14-7-3-5-12-4-1-2-6-13(12)14;1-2-5-3-4-1/h1-9,11H,10H2;1-3H,(H,4,5). The van der Waals surface area contributed by atoms with E-state index in [4.69, 9.17) is 0 Å². The second-order valence-electron chi connectivity index (χ2n) is 4.95. The van der Waals surface area contributed by atoms with E-state index in [1.54, 1.807) is 42.0 Å². The van der Waals surface area contributed by atoms with E-state index in [1.165, 1.54) is 0 Å². The van der Waals surface area contributed by atoms with Gasteiger partial charge in [-0.25, -0.2) is 9.97 Å². The number of H-pyrrole nitrogens is 1. The van der Waals surface area contributed by atoms with Gasteiger partial charge in [-0.1, -0.05) is 42.5 Å². The van der Waals surface area contributed by atoms with Gasteiger partial charge in [-0.2, -0.15) is 0 Å². The average Bonchev–Trinajstić information content (AvgIpc) is 3.30. The second-order valence-corrected chi connectivity index (χ2v) is 4.95. The van der Waals surface area contributed by atoms with Crippen molar-refractivity contribution in [3.05, 3.63) is 85.5 Å². The third kappa shape index (κ3) is 3.71. The molecule has 0 radical (unpaired) electrons. The lowest BCUT2D eigenvalue weighted by atomic mass is 10.0. The molecular weight excluding hydrogens is 288 g/mol. The Hall–Kier alpha value is -3.21. The van der Waals surface area contributed by atoms with Crippen molar-refractivity contribution >= 4 is 16.6 Å². The molecule has 2 aromatic carbocycles. The maximum absolute atomic E-state index is 12.3. The molecule has 2 heterocycles. The molecule has 0 saturated carbocycles. The van der Waals surface area contributed by atoms with Gasteiger partial charge < -0.3 is 9.55 Å². The summed E-state index contributed by atoms with van der Waals surface area (Å²) < 4.78 is 1.78. The second kappa shape index (κ2) is 7.17. The number of ketones is 1. The van der Waals surface area contributed by atoms with E-state index < -0.39 is 0 Å². The predicted molar refractivity (Wildman–Crippen MR) is 89.1 cm³/mol. The lowest BCUT2D eigenvalue weighted by Gasteiger charge is -2.06. The van der Waals surface area contributed by atoms with Crippen LogP contribution < -0.4 is 0 Å². The molecule has 0 bridgehead atoms. The number of carbonyl (C=O) groups excluding carboxylic acids is 1. The Labute approximate surface area is 133 Å². The van der Waals surface area contributed by atoms with Gasteiger partial charge in [-0.3, -0.25) is 4.79 Å². The van der Waals surface area contributed by atoms with Crippen molar-refractivity contribution in [3.63, 3.8) is 0 Å². The molecule has 0 atom stereocenters. The van der Waals surface area contributed by atoms with Crippen molar-refractivity contribution in [2.45, 2.75) is 6.54 Å². The zero-order chi connectivity index (χ0) is 15.9. The van der Waals surface area contributed by atoms with E-state index in [1.807, 2.05) is 42.5 Å². The first-order valence-electron chi connectivity index (χ1n) is 7.24. The Morgan fingerprint density at radius 3 is 2.61 bits per heavy atom. The maximum Gasteiger partial charge on any atom is 0.183 e. The highest BCUT2D eigenvalue weighted by molar-refractivity contribution is 6.07. The highest BCUT2D eigenvalue weighted by atomic mass is 16.1. The number of nitrogens with zero attached hydrogens (tertiary/aromatic N) is 3. The van der Waals surface area contributed by atoms with Crippen LogP contribution in [0.3, 0.4) is 0 Å². The van der Waals surface area contributed by atoms with Gasteiger partial charge >= 0.3 is 0 Å². The number of aromatic nitrogens is 4. The summed E-state index contributed by atoms with van der Waals surface area (Å²) in [5, 5.41) is 2.10. The van der Waals surface area contributed by atoms with Gasteiger partial charge in [0.25, 0.3) is 0 Å². The molecule has 2 aromatic heterocycles. The van der Waals surface area contributed by atoms with Crippen LogP contribution in [0.15, 0.2) is 79.9 Å². The lowest BCUT2D eigenvalue weighted by molar-refractivity contribution is 0.0973. The van der Waals surface area contributed by atoms with E-state index >= 15 is 0 Å². The van der Waals surface area contributed by atoms with Crippen molar-refractivity contribution < 1.29 is 4.79 Å². The van der Waals surface area contributed by atoms with Gasteiger partial charge in [0.05, 0.1) is 19.2 Å². The van der Waals surface area contributed by atoms with Crippen LogP contribution in [0, 0.1) is 0 Å². The summed E-state index contributed by atoms with van der Waals surface area (Å²) in [6, 6.07) is 13.7. The van der Waals surface area contributed by atoms with E-state index in [9.17, 15) is 4.79 Å². The molecule has 0 spiro atoms. The van der Waals surface area contributed by atoms with Crippen LogP contribution in [-0.4, -0.2) is 25.3 Å². The van der Waals surface area contributed by atoms with E-state index in [-0.39, 0.29) is 5.78 Å². The third-order valence-corrected chi connectivity index (χ3v) is 3.38. The Balaban J connectivity index is 0.000000267. The van der Waals surface area contributed by atoms with Gasteiger partial charge in [0.15, 0.2) is 5.78 Å². The number of aromatic amines is 1. The fourth-order valence-electron chi connectivity index (χ4n) is 2.31. The van der Waals surface area contributed by atoms with Crippen molar-refractivity contribution in [3.8, 4) is 0 Å². The quantitative estimate of drug-likeness (QED) is 0.590. The Morgan fingerprint density at radius 2 is 1.91 bits per heavy atom. The molecule has 0 saturated heterocycles. The molecule has 0 aliphatic carbocycles. The number of Topliss-reactive ketones (excluding diaryl/α,β-unsaturated/α-hetero) is 1. The Morgan fingerprint density at radius 1 is 1.04 bits per heavy atom. The van der Waals surface area contributed by atoms with Crippen LogP contribution >= 0.6 is 0 Å². The number of hydrogen-bond donors (Lipinski definition) is 1. The SMILES string of the molecule is O=C(Cn1ccnc1)c1cccc2ccccc12.c1c[nH]cn1. The van der Waals surface area contributed by atoms with Crippen LogP contribution in [0.5, 0.6) is 0 Å². The van der Waals surface area contributed by atoms with Gasteiger partial charge in [0, 0.05) is 30.4 Å². The van der Waals surface area contributed by atoms with Gasteiger partial charge in [0.2, 0.25) is 0 Å². The molecule has 5 nitrogen and oxygen atoms in total. The number of carbonyl (C=O) groups is 1. The number of nitrogens with one attached hydrogen (secondary N) is 1. The molecule has 0 amide bonds. The smallest absolute Gasteiger partial charge is 0.183 e. The first-order chi connectivity index (χ1) is 11.3. The van der Waals surface area contributed by atoms with Crippen LogP contribution in [-0.2, 0) is 6.54 Å². The monoisotopic (exact) mass is 304 g/mol. The first-order valence-corrected chi connectivity index (χ1v) is 7.24. The molecule has 0 aliphatic rings. The zero-order valence-corrected chi connectivity index (χ0v) is 12.5. The summed E-state index contributed by atoms with van der Waals surface area (Å²) in [7, 11) is 0. The largest absolute Gasteiger partial charge is 0.351 e. The van der Waals surface area contributed by atoms with Crippen LogP contribution in [0.25, 0.3) is 10.8 Å². The predicted octanol–water partition coefficient (Wildman–Crippen LogP) is 3.33. The lowest BCUT2D eigenvalue weighted by Crippen LogP contribution is -2.09. The summed E-state index contributed by atoms with van der Waals surface area (Å²) in [5.41, 5.74) is 0.766. The van der Waals surface area contributed by atoms with Gasteiger partial charge in [-0.15, -0.1) is 0 Å². The molecule has 4 aromatic rings. The van der Waals surface area contributed by atoms with Crippen molar-refractivity contribution in [2.75, 3.05) is 0 Å². The van der Waals surface area contributed by atoms with Crippen molar-refractivity contribution in [2.24, 2.45) is 0 Å². The number of benzene rings is 2. The molecule has 0 aliphatic heterocycles.